The highest BCUT2D eigenvalue weighted by Crippen LogP contribution is 2.43. The van der Waals surface area contributed by atoms with Crippen LogP contribution in [0.5, 0.6) is 0 Å². The maximum Gasteiger partial charge on any atom is 0.0558 e. The van der Waals surface area contributed by atoms with E-state index in [0.717, 1.165) is 37.4 Å². The number of fused-ring (bicyclic) bond motifs is 2. The first kappa shape index (κ1) is 12.9. The first-order chi connectivity index (χ1) is 9.35. The average molecular weight is 257 g/mol. The van der Waals surface area contributed by atoms with Crippen molar-refractivity contribution in [2.24, 2.45) is 17.8 Å². The summed E-state index contributed by atoms with van der Waals surface area (Å²) in [5.41, 5.74) is 1.34. The van der Waals surface area contributed by atoms with E-state index in [4.69, 9.17) is 0 Å². The van der Waals surface area contributed by atoms with Crippen LogP contribution in [0.15, 0.2) is 42.5 Å². The first-order valence-corrected chi connectivity index (χ1v) is 7.40. The lowest BCUT2D eigenvalue weighted by molar-refractivity contribution is 0.161. The fraction of sp³-hybridized carbons (Fsp3) is 0.529. The van der Waals surface area contributed by atoms with Crippen molar-refractivity contribution in [2.75, 3.05) is 19.7 Å². The standard InChI is InChI=1S/C17H23NO/c19-9-8-18(12-14-4-2-1-3-5-14)13-17-11-15-6-7-16(17)10-15/h1-7,15-17,19H,8-13H2. The Morgan fingerprint density at radius 1 is 1.11 bits per heavy atom. The smallest absolute Gasteiger partial charge is 0.0558 e. The van der Waals surface area contributed by atoms with Crippen LogP contribution in [0.2, 0.25) is 0 Å². The Balaban J connectivity index is 1.60. The third-order valence-corrected chi connectivity index (χ3v) is 4.57. The summed E-state index contributed by atoms with van der Waals surface area (Å²) in [6.07, 6.45) is 7.52. The molecule has 2 aliphatic carbocycles. The van der Waals surface area contributed by atoms with Gasteiger partial charge >= 0.3 is 0 Å². The van der Waals surface area contributed by atoms with E-state index >= 15 is 0 Å². The van der Waals surface area contributed by atoms with Crippen molar-refractivity contribution < 1.29 is 5.11 Å². The maximum absolute atomic E-state index is 9.26. The zero-order valence-corrected chi connectivity index (χ0v) is 11.4. The molecule has 2 aliphatic rings. The summed E-state index contributed by atoms with van der Waals surface area (Å²) in [4.78, 5) is 2.41. The largest absolute Gasteiger partial charge is 0.395 e. The molecule has 1 fully saturated rings. The first-order valence-electron chi connectivity index (χ1n) is 7.40. The van der Waals surface area contributed by atoms with Crippen LogP contribution in [-0.2, 0) is 6.54 Å². The van der Waals surface area contributed by atoms with Crippen LogP contribution in [0.4, 0.5) is 0 Å². The Kier molecular flexibility index (Phi) is 4.00. The minimum absolute atomic E-state index is 0.253. The van der Waals surface area contributed by atoms with Gasteiger partial charge in [0.15, 0.2) is 0 Å². The van der Waals surface area contributed by atoms with E-state index in [1.807, 2.05) is 0 Å². The van der Waals surface area contributed by atoms with E-state index in [1.165, 1.54) is 18.4 Å². The van der Waals surface area contributed by atoms with E-state index in [-0.39, 0.29) is 6.61 Å². The number of allylic oxidation sites excluding steroid dienone is 2. The quantitative estimate of drug-likeness (QED) is 0.792. The van der Waals surface area contributed by atoms with Crippen LogP contribution in [0.25, 0.3) is 0 Å². The van der Waals surface area contributed by atoms with Crippen LogP contribution in [0, 0.1) is 17.8 Å². The van der Waals surface area contributed by atoms with Crippen molar-refractivity contribution in [1.29, 1.82) is 0 Å². The SMILES string of the molecule is OCCN(Cc1ccccc1)CC1CC2C=CC1C2. The van der Waals surface area contributed by atoms with Gasteiger partial charge in [-0.1, -0.05) is 42.5 Å². The molecule has 0 heterocycles. The molecule has 1 aromatic carbocycles. The predicted octanol–water partition coefficient (Wildman–Crippen LogP) is 2.69. The lowest BCUT2D eigenvalue weighted by Crippen LogP contribution is -2.33. The number of benzene rings is 1. The van der Waals surface area contributed by atoms with E-state index in [9.17, 15) is 5.11 Å². The summed E-state index contributed by atoms with van der Waals surface area (Å²) in [5, 5.41) is 9.26. The van der Waals surface area contributed by atoms with Crippen LogP contribution < -0.4 is 0 Å². The molecule has 3 rings (SSSR count). The number of aliphatic hydroxyl groups excluding tert-OH is 1. The molecule has 1 N–H and O–H groups in total. The van der Waals surface area contributed by atoms with E-state index in [0.29, 0.717) is 0 Å². The van der Waals surface area contributed by atoms with Crippen LogP contribution in [0.1, 0.15) is 18.4 Å². The molecule has 19 heavy (non-hydrogen) atoms. The summed E-state index contributed by atoms with van der Waals surface area (Å²) in [6, 6.07) is 10.6. The van der Waals surface area contributed by atoms with E-state index in [2.05, 4.69) is 47.4 Å². The molecule has 1 saturated carbocycles. The Morgan fingerprint density at radius 3 is 2.58 bits per heavy atom. The Hall–Kier alpha value is -1.12. The Bertz CT molecular complexity index is 428. The van der Waals surface area contributed by atoms with Gasteiger partial charge in [-0.25, -0.2) is 0 Å². The van der Waals surface area contributed by atoms with Gasteiger partial charge in [-0.3, -0.25) is 4.90 Å². The van der Waals surface area contributed by atoms with Crippen molar-refractivity contribution in [1.82, 2.24) is 4.90 Å². The predicted molar refractivity (Wildman–Crippen MR) is 77.6 cm³/mol. The van der Waals surface area contributed by atoms with Crippen molar-refractivity contribution in [3.63, 3.8) is 0 Å². The highest BCUT2D eigenvalue weighted by Gasteiger charge is 2.36. The van der Waals surface area contributed by atoms with Crippen LogP contribution in [0.3, 0.4) is 0 Å². The van der Waals surface area contributed by atoms with Gasteiger partial charge in [0.2, 0.25) is 0 Å². The number of nitrogens with zero attached hydrogens (tertiary/aromatic N) is 1. The van der Waals surface area contributed by atoms with Crippen LogP contribution >= 0.6 is 0 Å². The zero-order valence-electron chi connectivity index (χ0n) is 11.4. The van der Waals surface area contributed by atoms with E-state index < -0.39 is 0 Å². The number of rotatable bonds is 6. The van der Waals surface area contributed by atoms with Gasteiger partial charge in [0, 0.05) is 19.6 Å². The average Bonchev–Trinajstić information content (AvgIpc) is 3.02. The molecule has 1 aromatic rings. The fourth-order valence-electron chi connectivity index (χ4n) is 3.65. The maximum atomic E-state index is 9.26. The normalized spacial score (nSPS) is 28.4. The topological polar surface area (TPSA) is 23.5 Å². The summed E-state index contributed by atoms with van der Waals surface area (Å²) in [7, 11) is 0. The second-order valence-corrected chi connectivity index (χ2v) is 5.98. The zero-order chi connectivity index (χ0) is 13.1. The summed E-state index contributed by atoms with van der Waals surface area (Å²) < 4.78 is 0. The van der Waals surface area contributed by atoms with Gasteiger partial charge in [0.05, 0.1) is 6.61 Å². The van der Waals surface area contributed by atoms with Gasteiger partial charge in [-0.2, -0.15) is 0 Å². The Morgan fingerprint density at radius 2 is 1.95 bits per heavy atom. The van der Waals surface area contributed by atoms with Gasteiger partial charge in [0.25, 0.3) is 0 Å². The van der Waals surface area contributed by atoms with Crippen LogP contribution in [-0.4, -0.2) is 29.7 Å². The fourth-order valence-corrected chi connectivity index (χ4v) is 3.65. The molecule has 3 atom stereocenters. The summed E-state index contributed by atoms with van der Waals surface area (Å²) in [6.45, 7) is 3.12. The monoisotopic (exact) mass is 257 g/mol. The minimum Gasteiger partial charge on any atom is -0.395 e. The number of hydrogen-bond acceptors (Lipinski definition) is 2. The van der Waals surface area contributed by atoms with Gasteiger partial charge in [-0.15, -0.1) is 0 Å². The molecule has 3 unspecified atom stereocenters. The number of aliphatic hydroxyl groups is 1. The molecule has 0 aliphatic heterocycles. The molecule has 0 spiro atoms. The second kappa shape index (κ2) is 5.89. The third kappa shape index (κ3) is 3.07. The molecule has 2 nitrogen and oxygen atoms in total. The highest BCUT2D eigenvalue weighted by molar-refractivity contribution is 5.15. The molecule has 102 valence electrons. The van der Waals surface area contributed by atoms with Gasteiger partial charge in [0.1, 0.15) is 0 Å². The number of hydrogen-bond donors (Lipinski definition) is 1. The molecule has 0 aromatic heterocycles. The lowest BCUT2D eigenvalue weighted by atomic mass is 9.93. The molecule has 0 saturated heterocycles. The van der Waals surface area contributed by atoms with Gasteiger partial charge in [-0.05, 0) is 36.2 Å². The second-order valence-electron chi connectivity index (χ2n) is 5.98. The lowest BCUT2D eigenvalue weighted by Gasteiger charge is -2.28. The molecule has 0 amide bonds. The third-order valence-electron chi connectivity index (χ3n) is 4.57. The Labute approximate surface area is 115 Å². The highest BCUT2D eigenvalue weighted by atomic mass is 16.3. The minimum atomic E-state index is 0.253. The van der Waals surface area contributed by atoms with Crippen molar-refractivity contribution >= 4 is 0 Å². The molecular weight excluding hydrogens is 234 g/mol. The summed E-state index contributed by atoms with van der Waals surface area (Å²) in [5.74, 6) is 2.43. The van der Waals surface area contributed by atoms with Crippen molar-refractivity contribution in [2.45, 2.75) is 19.4 Å². The summed E-state index contributed by atoms with van der Waals surface area (Å²) >= 11 is 0. The molecule has 0 radical (unpaired) electrons. The van der Waals surface area contributed by atoms with E-state index in [1.54, 1.807) is 0 Å². The molecule has 2 heteroatoms. The molecule has 2 bridgehead atoms. The molecular formula is C17H23NO. The van der Waals surface area contributed by atoms with Gasteiger partial charge < -0.3 is 5.11 Å². The van der Waals surface area contributed by atoms with Crippen molar-refractivity contribution in [3.8, 4) is 0 Å². The van der Waals surface area contributed by atoms with Crippen molar-refractivity contribution in [3.05, 3.63) is 48.0 Å².